The summed E-state index contributed by atoms with van der Waals surface area (Å²) in [5, 5.41) is 3.20. The molecule has 0 aromatic heterocycles. The van der Waals surface area contributed by atoms with Crippen molar-refractivity contribution in [1.82, 2.24) is 5.32 Å². The first-order valence-corrected chi connectivity index (χ1v) is 6.98. The van der Waals surface area contributed by atoms with E-state index in [2.05, 4.69) is 45.2 Å². The Balaban J connectivity index is 1.92. The fraction of sp³-hybridized carbons (Fsp3) is 0.800. The molecule has 1 fully saturated rings. The summed E-state index contributed by atoms with van der Waals surface area (Å²) in [6, 6.07) is 0.319. The Hall–Kier alpha value is -0.830. The van der Waals surface area contributed by atoms with E-state index in [9.17, 15) is 4.79 Å². The fourth-order valence-electron chi connectivity index (χ4n) is 3.88. The van der Waals surface area contributed by atoms with Crippen LogP contribution in [0.2, 0.25) is 0 Å². The zero-order valence-corrected chi connectivity index (χ0v) is 12.0. The first-order valence-electron chi connectivity index (χ1n) is 6.98. The Morgan fingerprint density at radius 2 is 1.94 bits per heavy atom. The molecule has 3 N–H and O–H groups in total. The van der Waals surface area contributed by atoms with Crippen LogP contribution in [0, 0.1) is 16.7 Å². The Morgan fingerprint density at radius 1 is 1.33 bits per heavy atom. The van der Waals surface area contributed by atoms with E-state index < -0.39 is 0 Å². The SMILES string of the molecule is CC1(C)C(N)C(C)(C)C1NC(=O)CC1C=CCC1. The molecule has 0 aromatic rings. The van der Waals surface area contributed by atoms with Gasteiger partial charge in [0.2, 0.25) is 5.91 Å². The maximum Gasteiger partial charge on any atom is 0.220 e. The van der Waals surface area contributed by atoms with E-state index in [0.717, 1.165) is 12.8 Å². The van der Waals surface area contributed by atoms with E-state index in [0.29, 0.717) is 12.3 Å². The summed E-state index contributed by atoms with van der Waals surface area (Å²) in [6.07, 6.45) is 7.19. The van der Waals surface area contributed by atoms with Crippen molar-refractivity contribution in [3.05, 3.63) is 12.2 Å². The van der Waals surface area contributed by atoms with E-state index >= 15 is 0 Å². The van der Waals surface area contributed by atoms with Gasteiger partial charge in [-0.25, -0.2) is 0 Å². The van der Waals surface area contributed by atoms with Crippen LogP contribution in [0.15, 0.2) is 12.2 Å². The second kappa shape index (κ2) is 4.37. The molecule has 0 radical (unpaired) electrons. The fourth-order valence-corrected chi connectivity index (χ4v) is 3.88. The summed E-state index contributed by atoms with van der Waals surface area (Å²) in [5.74, 6) is 0.606. The molecule has 0 aromatic carbocycles. The van der Waals surface area contributed by atoms with Gasteiger partial charge in [0, 0.05) is 29.3 Å². The molecule has 0 heterocycles. The van der Waals surface area contributed by atoms with Crippen LogP contribution >= 0.6 is 0 Å². The topological polar surface area (TPSA) is 55.1 Å². The lowest BCUT2D eigenvalue weighted by Gasteiger charge is -2.63. The van der Waals surface area contributed by atoms with Crippen molar-refractivity contribution in [3.63, 3.8) is 0 Å². The van der Waals surface area contributed by atoms with E-state index in [-0.39, 0.29) is 28.8 Å². The minimum absolute atomic E-state index is 0.00925. The lowest BCUT2D eigenvalue weighted by Crippen LogP contribution is -2.76. The summed E-state index contributed by atoms with van der Waals surface area (Å²) >= 11 is 0. The molecular formula is C15H26N2O. The van der Waals surface area contributed by atoms with Gasteiger partial charge in [-0.05, 0) is 18.8 Å². The van der Waals surface area contributed by atoms with Crippen molar-refractivity contribution < 1.29 is 4.79 Å². The number of amides is 1. The van der Waals surface area contributed by atoms with E-state index in [4.69, 9.17) is 5.73 Å². The monoisotopic (exact) mass is 250 g/mol. The lowest BCUT2D eigenvalue weighted by atomic mass is 9.48. The Kier molecular flexibility index (Phi) is 3.30. The molecule has 2 aliphatic carbocycles. The zero-order valence-electron chi connectivity index (χ0n) is 12.0. The Labute approximate surface area is 110 Å². The molecule has 0 saturated heterocycles. The minimum Gasteiger partial charge on any atom is -0.352 e. The number of nitrogens with two attached hydrogens (primary N) is 1. The van der Waals surface area contributed by atoms with Gasteiger partial charge in [-0.3, -0.25) is 4.79 Å². The normalized spacial score (nSPS) is 36.2. The van der Waals surface area contributed by atoms with Crippen LogP contribution < -0.4 is 11.1 Å². The summed E-state index contributed by atoms with van der Waals surface area (Å²) in [7, 11) is 0. The lowest BCUT2D eigenvalue weighted by molar-refractivity contribution is -0.132. The van der Waals surface area contributed by atoms with Gasteiger partial charge in [0.25, 0.3) is 0 Å². The average molecular weight is 250 g/mol. The van der Waals surface area contributed by atoms with Crippen molar-refractivity contribution in [2.75, 3.05) is 0 Å². The van der Waals surface area contributed by atoms with Crippen molar-refractivity contribution >= 4 is 5.91 Å². The molecule has 0 spiro atoms. The third kappa shape index (κ3) is 2.09. The van der Waals surface area contributed by atoms with Crippen LogP contribution in [0.3, 0.4) is 0 Å². The Bertz CT molecular complexity index is 355. The van der Waals surface area contributed by atoms with Crippen LogP contribution in [0.5, 0.6) is 0 Å². The predicted molar refractivity (Wildman–Crippen MR) is 73.9 cm³/mol. The summed E-state index contributed by atoms with van der Waals surface area (Å²) in [4.78, 5) is 12.1. The maximum atomic E-state index is 12.1. The highest BCUT2D eigenvalue weighted by atomic mass is 16.1. The first-order chi connectivity index (χ1) is 8.26. The van der Waals surface area contributed by atoms with Crippen molar-refractivity contribution in [2.24, 2.45) is 22.5 Å². The van der Waals surface area contributed by atoms with Gasteiger partial charge in [-0.1, -0.05) is 39.8 Å². The quantitative estimate of drug-likeness (QED) is 0.755. The Morgan fingerprint density at radius 3 is 2.44 bits per heavy atom. The number of carbonyl (C=O) groups is 1. The van der Waals surface area contributed by atoms with Crippen LogP contribution in [-0.2, 0) is 4.79 Å². The summed E-state index contributed by atoms with van der Waals surface area (Å²) in [6.45, 7) is 8.57. The minimum atomic E-state index is -0.00925. The zero-order chi connectivity index (χ0) is 13.6. The number of carbonyl (C=O) groups excluding carboxylic acids is 1. The molecular weight excluding hydrogens is 224 g/mol. The number of rotatable bonds is 3. The first kappa shape index (κ1) is 13.6. The standard InChI is InChI=1S/C15H26N2O/c1-14(2)12(16)15(3,4)13(14)17-11(18)9-10-7-5-6-8-10/h5,7,10,12-13H,6,8-9,16H2,1-4H3,(H,17,18). The van der Waals surface area contributed by atoms with Gasteiger partial charge in [0.1, 0.15) is 0 Å². The van der Waals surface area contributed by atoms with Gasteiger partial charge in [-0.15, -0.1) is 0 Å². The van der Waals surface area contributed by atoms with Crippen LogP contribution in [-0.4, -0.2) is 18.0 Å². The highest BCUT2D eigenvalue weighted by Gasteiger charge is 2.60. The van der Waals surface area contributed by atoms with Crippen LogP contribution in [0.1, 0.15) is 47.0 Å². The molecule has 2 aliphatic rings. The van der Waals surface area contributed by atoms with Crippen LogP contribution in [0.4, 0.5) is 0 Å². The van der Waals surface area contributed by atoms with Crippen LogP contribution in [0.25, 0.3) is 0 Å². The van der Waals surface area contributed by atoms with Gasteiger partial charge in [-0.2, -0.15) is 0 Å². The van der Waals surface area contributed by atoms with Gasteiger partial charge < -0.3 is 11.1 Å². The van der Waals surface area contributed by atoms with Gasteiger partial charge in [0.05, 0.1) is 0 Å². The van der Waals surface area contributed by atoms with Crippen molar-refractivity contribution in [3.8, 4) is 0 Å². The molecule has 18 heavy (non-hydrogen) atoms. The molecule has 2 rings (SSSR count). The highest BCUT2D eigenvalue weighted by Crippen LogP contribution is 2.52. The molecule has 102 valence electrons. The third-order valence-corrected chi connectivity index (χ3v) is 4.96. The highest BCUT2D eigenvalue weighted by molar-refractivity contribution is 5.77. The largest absolute Gasteiger partial charge is 0.352 e. The molecule has 1 saturated carbocycles. The molecule has 3 heteroatoms. The molecule has 1 atom stereocenters. The van der Waals surface area contributed by atoms with E-state index in [1.165, 1.54) is 0 Å². The second-order valence-corrected chi connectivity index (χ2v) is 7.09. The number of hydrogen-bond acceptors (Lipinski definition) is 2. The number of hydrogen-bond donors (Lipinski definition) is 2. The third-order valence-electron chi connectivity index (χ3n) is 4.96. The molecule has 0 aliphatic heterocycles. The van der Waals surface area contributed by atoms with Gasteiger partial charge in [0.15, 0.2) is 0 Å². The van der Waals surface area contributed by atoms with E-state index in [1.54, 1.807) is 0 Å². The molecule has 0 bridgehead atoms. The molecule has 3 nitrogen and oxygen atoms in total. The van der Waals surface area contributed by atoms with Gasteiger partial charge >= 0.3 is 0 Å². The molecule has 1 unspecified atom stereocenters. The average Bonchev–Trinajstić information content (AvgIpc) is 2.77. The molecule has 1 amide bonds. The second-order valence-electron chi connectivity index (χ2n) is 7.09. The maximum absolute atomic E-state index is 12.1. The smallest absolute Gasteiger partial charge is 0.220 e. The van der Waals surface area contributed by atoms with Crippen molar-refractivity contribution in [1.29, 1.82) is 0 Å². The number of nitrogens with one attached hydrogen (secondary N) is 1. The summed E-state index contributed by atoms with van der Waals surface area (Å²) in [5.41, 5.74) is 6.18. The predicted octanol–water partition coefficient (Wildman–Crippen LogP) is 2.22. The van der Waals surface area contributed by atoms with E-state index in [1.807, 2.05) is 0 Å². The summed E-state index contributed by atoms with van der Waals surface area (Å²) < 4.78 is 0. The number of allylic oxidation sites excluding steroid dienone is 2. The van der Waals surface area contributed by atoms with Crippen molar-refractivity contribution in [2.45, 2.75) is 59.0 Å².